The Bertz CT molecular complexity index is 671. The van der Waals surface area contributed by atoms with Gasteiger partial charge in [0, 0.05) is 25.7 Å². The van der Waals surface area contributed by atoms with Crippen LogP contribution < -0.4 is 5.32 Å². The van der Waals surface area contributed by atoms with Crippen molar-refractivity contribution in [2.45, 2.75) is 49.6 Å². The SMILES string of the molecule is O=S(=O)(c1ccc(CNC2CCC23CCC3)cc1)N1CCOCC1. The lowest BCUT2D eigenvalue weighted by Gasteiger charge is -2.56. The van der Waals surface area contributed by atoms with Crippen LogP contribution in [0.25, 0.3) is 0 Å². The third-order valence-corrected chi connectivity index (χ3v) is 8.02. The molecule has 0 aromatic heterocycles. The lowest BCUT2D eigenvalue weighted by atomic mass is 9.53. The monoisotopic (exact) mass is 350 g/mol. The molecule has 1 aromatic rings. The summed E-state index contributed by atoms with van der Waals surface area (Å²) in [6, 6.07) is 8.01. The van der Waals surface area contributed by atoms with Crippen LogP contribution in [0.1, 0.15) is 37.7 Å². The van der Waals surface area contributed by atoms with Crippen LogP contribution in [-0.2, 0) is 21.3 Å². The standard InChI is InChI=1S/C18H26N2O3S/c21-24(22,20-10-12-23-13-11-20)16-4-2-15(3-5-16)14-19-17-6-9-18(17)7-1-8-18/h2-5,17,19H,1,6-14H2. The maximum Gasteiger partial charge on any atom is 0.243 e. The van der Waals surface area contributed by atoms with Crippen molar-refractivity contribution in [2.24, 2.45) is 5.41 Å². The molecule has 1 spiro atoms. The first-order chi connectivity index (χ1) is 11.6. The number of hydrogen-bond acceptors (Lipinski definition) is 4. The van der Waals surface area contributed by atoms with E-state index in [2.05, 4.69) is 5.32 Å². The van der Waals surface area contributed by atoms with Crippen molar-refractivity contribution < 1.29 is 13.2 Å². The molecular formula is C18H26N2O3S. The number of nitrogens with one attached hydrogen (secondary N) is 1. The lowest BCUT2D eigenvalue weighted by Crippen LogP contribution is -2.56. The molecule has 1 unspecified atom stereocenters. The Morgan fingerprint density at radius 2 is 1.83 bits per heavy atom. The number of hydrogen-bond donors (Lipinski definition) is 1. The average molecular weight is 350 g/mol. The van der Waals surface area contributed by atoms with Crippen LogP contribution in [0.3, 0.4) is 0 Å². The highest BCUT2D eigenvalue weighted by atomic mass is 32.2. The van der Waals surface area contributed by atoms with E-state index in [-0.39, 0.29) is 0 Å². The number of nitrogens with zero attached hydrogens (tertiary/aromatic N) is 1. The van der Waals surface area contributed by atoms with Gasteiger partial charge in [0.2, 0.25) is 10.0 Å². The van der Waals surface area contributed by atoms with Gasteiger partial charge >= 0.3 is 0 Å². The van der Waals surface area contributed by atoms with Gasteiger partial charge in [0.05, 0.1) is 18.1 Å². The summed E-state index contributed by atoms with van der Waals surface area (Å²) in [5.41, 5.74) is 1.75. The van der Waals surface area contributed by atoms with Gasteiger partial charge in [-0.2, -0.15) is 4.31 Å². The molecule has 132 valence electrons. The molecular weight excluding hydrogens is 324 g/mol. The van der Waals surface area contributed by atoms with Crippen LogP contribution >= 0.6 is 0 Å². The molecule has 1 atom stereocenters. The maximum atomic E-state index is 12.6. The van der Waals surface area contributed by atoms with Crippen LogP contribution in [0, 0.1) is 5.41 Å². The van der Waals surface area contributed by atoms with E-state index >= 15 is 0 Å². The fourth-order valence-corrected chi connectivity index (χ4v) is 5.61. The molecule has 1 saturated heterocycles. The Morgan fingerprint density at radius 1 is 1.12 bits per heavy atom. The van der Waals surface area contributed by atoms with E-state index in [1.807, 2.05) is 12.1 Å². The summed E-state index contributed by atoms with van der Waals surface area (Å²) in [4.78, 5) is 0.382. The minimum atomic E-state index is -3.38. The van der Waals surface area contributed by atoms with Gasteiger partial charge in [-0.3, -0.25) is 0 Å². The number of benzene rings is 1. The maximum absolute atomic E-state index is 12.6. The van der Waals surface area contributed by atoms with Gasteiger partial charge in [-0.25, -0.2) is 8.42 Å². The third-order valence-electron chi connectivity index (χ3n) is 6.10. The first kappa shape index (κ1) is 16.5. The molecule has 0 radical (unpaired) electrons. The molecule has 1 heterocycles. The highest BCUT2D eigenvalue weighted by Gasteiger charge is 2.50. The number of ether oxygens (including phenoxy) is 1. The quantitative estimate of drug-likeness (QED) is 0.884. The van der Waals surface area contributed by atoms with Crippen LogP contribution in [0.4, 0.5) is 0 Å². The molecule has 1 aromatic carbocycles. The van der Waals surface area contributed by atoms with Gasteiger partial charge in [-0.15, -0.1) is 0 Å². The molecule has 1 aliphatic heterocycles. The predicted octanol–water partition coefficient (Wildman–Crippen LogP) is 2.13. The van der Waals surface area contributed by atoms with Crippen molar-refractivity contribution in [1.82, 2.24) is 9.62 Å². The zero-order chi connectivity index (χ0) is 16.6. The highest BCUT2D eigenvalue weighted by molar-refractivity contribution is 7.89. The summed E-state index contributed by atoms with van der Waals surface area (Å²) in [5, 5.41) is 3.67. The zero-order valence-corrected chi connectivity index (χ0v) is 14.9. The Hall–Kier alpha value is -0.950. The van der Waals surface area contributed by atoms with E-state index in [0.717, 1.165) is 12.1 Å². The summed E-state index contributed by atoms with van der Waals surface area (Å²) in [5.74, 6) is 0. The molecule has 3 fully saturated rings. The molecule has 3 aliphatic rings. The molecule has 5 nitrogen and oxygen atoms in total. The van der Waals surface area contributed by atoms with E-state index in [4.69, 9.17) is 4.74 Å². The van der Waals surface area contributed by atoms with Crippen molar-refractivity contribution >= 4 is 10.0 Å². The highest BCUT2D eigenvalue weighted by Crippen LogP contribution is 2.55. The van der Waals surface area contributed by atoms with Gasteiger partial charge in [0.1, 0.15) is 0 Å². The van der Waals surface area contributed by atoms with E-state index in [0.29, 0.717) is 42.7 Å². The fourth-order valence-electron chi connectivity index (χ4n) is 4.20. The summed E-state index contributed by atoms with van der Waals surface area (Å²) < 4.78 is 32.0. The number of sulfonamides is 1. The van der Waals surface area contributed by atoms with Gasteiger partial charge < -0.3 is 10.1 Å². The van der Waals surface area contributed by atoms with E-state index in [1.165, 1.54) is 36.4 Å². The van der Waals surface area contributed by atoms with Crippen molar-refractivity contribution in [3.63, 3.8) is 0 Å². The van der Waals surface area contributed by atoms with Crippen molar-refractivity contribution in [3.05, 3.63) is 29.8 Å². The molecule has 0 bridgehead atoms. The second-order valence-electron chi connectivity index (χ2n) is 7.35. The zero-order valence-electron chi connectivity index (χ0n) is 14.0. The van der Waals surface area contributed by atoms with E-state index < -0.39 is 10.0 Å². The van der Waals surface area contributed by atoms with Gasteiger partial charge in [-0.1, -0.05) is 18.6 Å². The average Bonchev–Trinajstić information content (AvgIpc) is 2.54. The van der Waals surface area contributed by atoms with Crippen LogP contribution in [-0.4, -0.2) is 45.1 Å². The minimum Gasteiger partial charge on any atom is -0.379 e. The summed E-state index contributed by atoms with van der Waals surface area (Å²) in [6.45, 7) is 2.66. The smallest absolute Gasteiger partial charge is 0.243 e. The predicted molar refractivity (Wildman–Crippen MR) is 92.2 cm³/mol. The van der Waals surface area contributed by atoms with Crippen molar-refractivity contribution in [1.29, 1.82) is 0 Å². The van der Waals surface area contributed by atoms with Crippen LogP contribution in [0.2, 0.25) is 0 Å². The molecule has 2 aliphatic carbocycles. The second-order valence-corrected chi connectivity index (χ2v) is 9.29. The van der Waals surface area contributed by atoms with Gasteiger partial charge in [-0.05, 0) is 48.8 Å². The Kier molecular flexibility index (Phi) is 4.41. The summed E-state index contributed by atoms with van der Waals surface area (Å²) >= 11 is 0. The van der Waals surface area contributed by atoms with Gasteiger partial charge in [0.25, 0.3) is 0 Å². The number of rotatable bonds is 5. The minimum absolute atomic E-state index is 0.382. The van der Waals surface area contributed by atoms with Crippen LogP contribution in [0.5, 0.6) is 0 Å². The summed E-state index contributed by atoms with van der Waals surface area (Å²) in [7, 11) is -3.38. The largest absolute Gasteiger partial charge is 0.379 e. The number of morpholine rings is 1. The van der Waals surface area contributed by atoms with Crippen LogP contribution in [0.15, 0.2) is 29.2 Å². The molecule has 2 saturated carbocycles. The molecule has 6 heteroatoms. The molecule has 24 heavy (non-hydrogen) atoms. The molecule has 4 rings (SSSR count). The van der Waals surface area contributed by atoms with Crippen molar-refractivity contribution in [3.8, 4) is 0 Å². The second kappa shape index (κ2) is 6.41. The summed E-state index contributed by atoms with van der Waals surface area (Å²) in [6.07, 6.45) is 6.79. The molecule has 1 N–H and O–H groups in total. The topological polar surface area (TPSA) is 58.6 Å². The normalized spacial score (nSPS) is 26.8. The fraction of sp³-hybridized carbons (Fsp3) is 0.667. The third kappa shape index (κ3) is 2.90. The van der Waals surface area contributed by atoms with E-state index in [1.54, 1.807) is 12.1 Å². The molecule has 0 amide bonds. The van der Waals surface area contributed by atoms with Gasteiger partial charge in [0.15, 0.2) is 0 Å². The Balaban J connectivity index is 1.37. The van der Waals surface area contributed by atoms with Crippen molar-refractivity contribution in [2.75, 3.05) is 26.3 Å². The lowest BCUT2D eigenvalue weighted by molar-refractivity contribution is -0.0181. The van der Waals surface area contributed by atoms with E-state index in [9.17, 15) is 8.42 Å². The Labute approximate surface area is 144 Å². The Morgan fingerprint density at radius 3 is 2.38 bits per heavy atom. The first-order valence-electron chi connectivity index (χ1n) is 9.00. The first-order valence-corrected chi connectivity index (χ1v) is 10.4.